The topological polar surface area (TPSA) is 34.4 Å². The number of nitrogens with zero attached hydrogens (tertiary/aromatic N) is 5. The van der Waals surface area contributed by atoms with Gasteiger partial charge in [0.25, 0.3) is 0 Å². The van der Waals surface area contributed by atoms with E-state index in [1.165, 1.54) is 5.56 Å². The first-order valence-electron chi connectivity index (χ1n) is 9.85. The molecule has 1 saturated heterocycles. The van der Waals surface area contributed by atoms with E-state index in [0.29, 0.717) is 0 Å². The van der Waals surface area contributed by atoms with Crippen LogP contribution in [0.3, 0.4) is 0 Å². The summed E-state index contributed by atoms with van der Waals surface area (Å²) < 4.78 is 0. The third-order valence-electron chi connectivity index (χ3n) is 5.37. The number of likely N-dealkylation sites (N-methyl/N-ethyl adjacent to an activating group) is 1. The lowest BCUT2D eigenvalue weighted by atomic mass is 10.1. The molecule has 0 amide bonds. The summed E-state index contributed by atoms with van der Waals surface area (Å²) >= 11 is 0. The van der Waals surface area contributed by atoms with Crippen molar-refractivity contribution in [3.05, 3.63) is 36.0 Å². The van der Waals surface area contributed by atoms with Crippen LogP contribution in [-0.2, 0) is 6.42 Å². The van der Waals surface area contributed by atoms with Gasteiger partial charge in [-0.3, -0.25) is 9.89 Å². The summed E-state index contributed by atoms with van der Waals surface area (Å²) in [4.78, 5) is 17.2. The van der Waals surface area contributed by atoms with Crippen molar-refractivity contribution in [2.45, 2.75) is 39.2 Å². The second-order valence-electron chi connectivity index (χ2n) is 7.59. The van der Waals surface area contributed by atoms with E-state index in [-0.39, 0.29) is 6.04 Å². The minimum atomic E-state index is 0.282. The highest BCUT2D eigenvalue weighted by molar-refractivity contribution is 6.47. The highest BCUT2D eigenvalue weighted by atomic mass is 15.3. The number of piperazine rings is 1. The van der Waals surface area contributed by atoms with Gasteiger partial charge >= 0.3 is 0 Å². The van der Waals surface area contributed by atoms with Gasteiger partial charge in [-0.05, 0) is 44.5 Å². The molecule has 5 nitrogen and oxygen atoms in total. The molecule has 1 aromatic carbocycles. The number of aryl methyl sites for hydroxylation is 1. The Morgan fingerprint density at radius 3 is 2.69 bits per heavy atom. The molecule has 0 aromatic heterocycles. The van der Waals surface area contributed by atoms with E-state index in [4.69, 9.17) is 9.98 Å². The maximum Gasteiger partial charge on any atom is 0.176 e. The molecule has 1 unspecified atom stereocenters. The van der Waals surface area contributed by atoms with Gasteiger partial charge < -0.3 is 9.80 Å². The number of fused-ring (bicyclic) bond motifs is 3. The standard InChI is InChI=1S/C21H29N5/c1-4-6-17-8-9-18-19(15-17)26-10-5-7-16(2)22-21(26)20(23-18)25-13-11-24(3)12-14-25/h5,8-10,15-16H,4,6-7,11-14H2,1-3H3. The molecule has 0 bridgehead atoms. The van der Waals surface area contributed by atoms with Crippen LogP contribution in [-0.4, -0.2) is 60.7 Å². The molecule has 0 aliphatic carbocycles. The third kappa shape index (κ3) is 3.28. The van der Waals surface area contributed by atoms with Crippen LogP contribution < -0.4 is 4.90 Å². The smallest absolute Gasteiger partial charge is 0.176 e. The van der Waals surface area contributed by atoms with Gasteiger partial charge in [-0.15, -0.1) is 0 Å². The van der Waals surface area contributed by atoms with Gasteiger partial charge in [-0.2, -0.15) is 0 Å². The first kappa shape index (κ1) is 17.3. The fourth-order valence-electron chi connectivity index (χ4n) is 3.81. The number of amidine groups is 2. The minimum Gasteiger partial charge on any atom is -0.351 e. The number of anilines is 1. The van der Waals surface area contributed by atoms with Crippen LogP contribution in [0.2, 0.25) is 0 Å². The molecular weight excluding hydrogens is 322 g/mol. The molecule has 3 heterocycles. The molecular formula is C21H29N5. The van der Waals surface area contributed by atoms with Crippen LogP contribution in [0.5, 0.6) is 0 Å². The molecule has 3 aliphatic heterocycles. The summed E-state index contributed by atoms with van der Waals surface area (Å²) in [6, 6.07) is 6.97. The lowest BCUT2D eigenvalue weighted by molar-refractivity contribution is 0.217. The zero-order valence-corrected chi connectivity index (χ0v) is 16.1. The molecule has 0 radical (unpaired) electrons. The van der Waals surface area contributed by atoms with Crippen molar-refractivity contribution in [1.82, 2.24) is 9.80 Å². The van der Waals surface area contributed by atoms with Crippen LogP contribution in [0.4, 0.5) is 11.4 Å². The molecule has 138 valence electrons. The fourth-order valence-corrected chi connectivity index (χ4v) is 3.81. The Labute approximate surface area is 156 Å². The Hall–Kier alpha value is -2.14. The van der Waals surface area contributed by atoms with Crippen molar-refractivity contribution in [3.8, 4) is 0 Å². The number of aliphatic imine (C=N–C) groups is 2. The van der Waals surface area contributed by atoms with E-state index >= 15 is 0 Å². The van der Waals surface area contributed by atoms with Crippen molar-refractivity contribution in [3.63, 3.8) is 0 Å². The maximum atomic E-state index is 5.07. The van der Waals surface area contributed by atoms with E-state index < -0.39 is 0 Å². The summed E-state index contributed by atoms with van der Waals surface area (Å²) in [5.41, 5.74) is 3.59. The van der Waals surface area contributed by atoms with Gasteiger partial charge in [0.2, 0.25) is 0 Å². The fraction of sp³-hybridized carbons (Fsp3) is 0.524. The van der Waals surface area contributed by atoms with Crippen LogP contribution in [0.25, 0.3) is 0 Å². The van der Waals surface area contributed by atoms with E-state index in [0.717, 1.165) is 68.5 Å². The van der Waals surface area contributed by atoms with Gasteiger partial charge in [0.1, 0.15) is 0 Å². The monoisotopic (exact) mass is 351 g/mol. The van der Waals surface area contributed by atoms with Crippen LogP contribution in [0.1, 0.15) is 32.3 Å². The summed E-state index contributed by atoms with van der Waals surface area (Å²) in [6.07, 6.45) is 7.66. The highest BCUT2D eigenvalue weighted by Crippen LogP contribution is 2.36. The molecule has 1 fully saturated rings. The lowest BCUT2D eigenvalue weighted by Crippen LogP contribution is -2.52. The molecule has 0 spiro atoms. The van der Waals surface area contributed by atoms with Crippen LogP contribution >= 0.6 is 0 Å². The van der Waals surface area contributed by atoms with Gasteiger partial charge in [0.05, 0.1) is 17.4 Å². The molecule has 5 heteroatoms. The largest absolute Gasteiger partial charge is 0.351 e. The first-order valence-corrected chi connectivity index (χ1v) is 9.85. The Morgan fingerprint density at radius 2 is 1.92 bits per heavy atom. The summed E-state index contributed by atoms with van der Waals surface area (Å²) in [7, 11) is 2.19. The van der Waals surface area contributed by atoms with Crippen LogP contribution in [0, 0.1) is 0 Å². The van der Waals surface area contributed by atoms with Gasteiger partial charge in [-0.1, -0.05) is 25.5 Å². The molecule has 4 rings (SSSR count). The van der Waals surface area contributed by atoms with E-state index in [9.17, 15) is 0 Å². The Bertz CT molecular complexity index is 756. The zero-order valence-electron chi connectivity index (χ0n) is 16.1. The normalized spacial score (nSPS) is 23.1. The van der Waals surface area contributed by atoms with E-state index in [1.54, 1.807) is 0 Å². The van der Waals surface area contributed by atoms with Crippen molar-refractivity contribution in [2.24, 2.45) is 9.98 Å². The number of hydrogen-bond donors (Lipinski definition) is 0. The first-order chi connectivity index (χ1) is 12.7. The SMILES string of the molecule is CCCc1ccc2c(c1)N1C=CCC(C)N=C1C(N1CCN(C)CC1)=N2. The summed E-state index contributed by atoms with van der Waals surface area (Å²) in [5.74, 6) is 2.05. The number of rotatable bonds is 2. The highest BCUT2D eigenvalue weighted by Gasteiger charge is 2.31. The average Bonchev–Trinajstić information content (AvgIpc) is 2.84. The van der Waals surface area contributed by atoms with Gasteiger partial charge in [0, 0.05) is 32.4 Å². The second kappa shape index (κ2) is 7.23. The summed E-state index contributed by atoms with van der Waals surface area (Å²) in [5, 5.41) is 0. The van der Waals surface area contributed by atoms with E-state index in [1.807, 2.05) is 0 Å². The quantitative estimate of drug-likeness (QED) is 0.819. The lowest BCUT2D eigenvalue weighted by Gasteiger charge is -2.38. The molecule has 1 aromatic rings. The van der Waals surface area contributed by atoms with Crippen molar-refractivity contribution in [1.29, 1.82) is 0 Å². The molecule has 3 aliphatic rings. The number of hydrogen-bond acceptors (Lipinski definition) is 5. The van der Waals surface area contributed by atoms with E-state index in [2.05, 4.69) is 66.1 Å². The van der Waals surface area contributed by atoms with Gasteiger partial charge in [0.15, 0.2) is 11.7 Å². The maximum absolute atomic E-state index is 5.07. The second-order valence-corrected chi connectivity index (χ2v) is 7.59. The van der Waals surface area contributed by atoms with Gasteiger partial charge in [-0.25, -0.2) is 4.99 Å². The summed E-state index contributed by atoms with van der Waals surface area (Å²) in [6.45, 7) is 8.56. The molecule has 26 heavy (non-hydrogen) atoms. The predicted molar refractivity (Wildman–Crippen MR) is 110 cm³/mol. The predicted octanol–water partition coefficient (Wildman–Crippen LogP) is 3.44. The Balaban J connectivity index is 1.78. The minimum absolute atomic E-state index is 0.282. The molecule has 0 N–H and O–H groups in total. The molecule has 1 atom stereocenters. The zero-order chi connectivity index (χ0) is 18.1. The Morgan fingerprint density at radius 1 is 1.12 bits per heavy atom. The third-order valence-corrected chi connectivity index (χ3v) is 5.37. The van der Waals surface area contributed by atoms with Crippen molar-refractivity contribution in [2.75, 3.05) is 38.1 Å². The number of benzene rings is 1. The van der Waals surface area contributed by atoms with Crippen LogP contribution in [0.15, 0.2) is 40.5 Å². The average molecular weight is 351 g/mol. The van der Waals surface area contributed by atoms with Crippen molar-refractivity contribution < 1.29 is 0 Å². The van der Waals surface area contributed by atoms with Crippen molar-refractivity contribution >= 4 is 23.0 Å². The Kier molecular flexibility index (Phi) is 4.81. The molecule has 0 saturated carbocycles.